The fourth-order valence-corrected chi connectivity index (χ4v) is 3.12. The molecule has 2 fully saturated rings. The molecular formula is C15H20ClN3O2. The van der Waals surface area contributed by atoms with Gasteiger partial charge in [-0.2, -0.15) is 0 Å². The third-order valence-corrected chi connectivity index (χ3v) is 4.64. The molecule has 21 heavy (non-hydrogen) atoms. The predicted octanol–water partition coefficient (Wildman–Crippen LogP) is 2.87. The van der Waals surface area contributed by atoms with Gasteiger partial charge in [0.1, 0.15) is 0 Å². The highest BCUT2D eigenvalue weighted by Gasteiger charge is 2.26. The number of nitro groups is 1. The number of anilines is 1. The van der Waals surface area contributed by atoms with Gasteiger partial charge in [-0.15, -0.1) is 11.6 Å². The molecule has 0 radical (unpaired) electrons. The number of hydrogen-bond donors (Lipinski definition) is 0. The molecule has 114 valence electrons. The lowest BCUT2D eigenvalue weighted by molar-refractivity contribution is -0.385. The van der Waals surface area contributed by atoms with Gasteiger partial charge in [0.25, 0.3) is 5.69 Å². The second-order valence-electron chi connectivity index (χ2n) is 5.93. The number of benzene rings is 1. The fourth-order valence-electron chi connectivity index (χ4n) is 2.91. The monoisotopic (exact) mass is 309 g/mol. The van der Waals surface area contributed by atoms with E-state index in [9.17, 15) is 10.1 Å². The van der Waals surface area contributed by atoms with Crippen LogP contribution in [0.1, 0.15) is 18.4 Å². The highest BCUT2D eigenvalue weighted by atomic mass is 35.5. The second kappa shape index (κ2) is 6.20. The minimum atomic E-state index is -0.366. The smallest absolute Gasteiger partial charge is 0.273 e. The van der Waals surface area contributed by atoms with E-state index in [0.29, 0.717) is 5.56 Å². The van der Waals surface area contributed by atoms with Crippen LogP contribution in [0.15, 0.2) is 18.2 Å². The van der Waals surface area contributed by atoms with E-state index in [0.717, 1.165) is 37.8 Å². The van der Waals surface area contributed by atoms with Gasteiger partial charge in [-0.3, -0.25) is 15.0 Å². The highest BCUT2D eigenvalue weighted by molar-refractivity contribution is 6.17. The van der Waals surface area contributed by atoms with Gasteiger partial charge >= 0.3 is 0 Å². The molecule has 5 nitrogen and oxygen atoms in total. The van der Waals surface area contributed by atoms with Crippen molar-refractivity contribution in [3.8, 4) is 0 Å². The summed E-state index contributed by atoms with van der Waals surface area (Å²) in [5, 5.41) is 10.9. The Balaban J connectivity index is 1.65. The first-order valence-corrected chi connectivity index (χ1v) is 8.01. The van der Waals surface area contributed by atoms with Crippen molar-refractivity contribution >= 4 is 23.0 Å². The highest BCUT2D eigenvalue weighted by Crippen LogP contribution is 2.31. The van der Waals surface area contributed by atoms with E-state index in [1.807, 2.05) is 12.1 Å². The molecule has 0 amide bonds. The van der Waals surface area contributed by atoms with Gasteiger partial charge in [0.15, 0.2) is 0 Å². The summed E-state index contributed by atoms with van der Waals surface area (Å²) < 4.78 is 0. The SMILES string of the molecule is O=[N+]([O-])c1ccc(N2CCN(CC3CC3)CC2)cc1CCl. The number of nitro benzene ring substituents is 1. The first kappa shape index (κ1) is 14.6. The van der Waals surface area contributed by atoms with E-state index < -0.39 is 0 Å². The third kappa shape index (κ3) is 3.47. The van der Waals surface area contributed by atoms with Crippen LogP contribution in [0.5, 0.6) is 0 Å². The van der Waals surface area contributed by atoms with Crippen molar-refractivity contribution < 1.29 is 4.92 Å². The van der Waals surface area contributed by atoms with Crippen molar-refractivity contribution in [3.63, 3.8) is 0 Å². The molecule has 0 atom stereocenters. The largest absolute Gasteiger partial charge is 0.369 e. The molecule has 1 aliphatic heterocycles. The lowest BCUT2D eigenvalue weighted by Gasteiger charge is -2.36. The molecule has 1 heterocycles. The molecule has 0 bridgehead atoms. The molecule has 3 rings (SSSR count). The first-order valence-electron chi connectivity index (χ1n) is 7.48. The number of halogens is 1. The number of rotatable bonds is 5. The van der Waals surface area contributed by atoms with E-state index in [1.54, 1.807) is 6.07 Å². The molecule has 1 saturated carbocycles. The number of nitrogens with zero attached hydrogens (tertiary/aromatic N) is 3. The molecule has 6 heteroatoms. The van der Waals surface area contributed by atoms with Crippen LogP contribution >= 0.6 is 11.6 Å². The summed E-state index contributed by atoms with van der Waals surface area (Å²) in [6.45, 7) is 5.34. The van der Waals surface area contributed by atoms with Gasteiger partial charge < -0.3 is 4.90 Å². The van der Waals surface area contributed by atoms with Crippen LogP contribution < -0.4 is 4.90 Å². The van der Waals surface area contributed by atoms with Crippen LogP contribution in [-0.4, -0.2) is 42.5 Å². The Morgan fingerprint density at radius 3 is 2.52 bits per heavy atom. The van der Waals surface area contributed by atoms with E-state index in [4.69, 9.17) is 11.6 Å². The van der Waals surface area contributed by atoms with E-state index >= 15 is 0 Å². The lowest BCUT2D eigenvalue weighted by atomic mass is 10.1. The maximum absolute atomic E-state index is 10.9. The van der Waals surface area contributed by atoms with E-state index in [2.05, 4.69) is 9.80 Å². The molecule has 1 aromatic rings. The Hall–Kier alpha value is -1.33. The number of piperazine rings is 1. The van der Waals surface area contributed by atoms with Gasteiger partial charge in [0, 0.05) is 50.0 Å². The van der Waals surface area contributed by atoms with Crippen molar-refractivity contribution in [2.45, 2.75) is 18.7 Å². The second-order valence-corrected chi connectivity index (χ2v) is 6.20. The third-order valence-electron chi connectivity index (χ3n) is 4.35. The van der Waals surface area contributed by atoms with Crippen molar-refractivity contribution in [3.05, 3.63) is 33.9 Å². The van der Waals surface area contributed by atoms with Crippen LogP contribution in [0.4, 0.5) is 11.4 Å². The Kier molecular flexibility index (Phi) is 4.31. The Bertz CT molecular complexity index is 526. The van der Waals surface area contributed by atoms with Crippen LogP contribution in [0, 0.1) is 16.0 Å². The van der Waals surface area contributed by atoms with Crippen molar-refractivity contribution in [1.29, 1.82) is 0 Å². The summed E-state index contributed by atoms with van der Waals surface area (Å²) in [6.07, 6.45) is 2.78. The zero-order valence-electron chi connectivity index (χ0n) is 12.0. The van der Waals surface area contributed by atoms with E-state index in [1.165, 1.54) is 19.4 Å². The zero-order chi connectivity index (χ0) is 14.8. The molecule has 0 aromatic heterocycles. The summed E-state index contributed by atoms with van der Waals surface area (Å²) in [7, 11) is 0. The van der Waals surface area contributed by atoms with Crippen molar-refractivity contribution in [2.75, 3.05) is 37.6 Å². The van der Waals surface area contributed by atoms with Gasteiger partial charge in [0.2, 0.25) is 0 Å². The average molecular weight is 310 g/mol. The summed E-state index contributed by atoms with van der Waals surface area (Å²) in [5.74, 6) is 1.10. The number of hydrogen-bond acceptors (Lipinski definition) is 4. The Labute approximate surface area is 129 Å². The molecule has 0 spiro atoms. The van der Waals surface area contributed by atoms with Gasteiger partial charge in [0.05, 0.1) is 10.8 Å². The normalized spacial score (nSPS) is 19.8. The molecule has 0 N–H and O–H groups in total. The molecule has 0 unspecified atom stereocenters. The number of alkyl halides is 1. The van der Waals surface area contributed by atoms with Crippen LogP contribution in [0.2, 0.25) is 0 Å². The Morgan fingerprint density at radius 2 is 1.95 bits per heavy atom. The first-order chi connectivity index (χ1) is 10.2. The van der Waals surface area contributed by atoms with E-state index in [-0.39, 0.29) is 16.5 Å². The lowest BCUT2D eigenvalue weighted by Crippen LogP contribution is -2.47. The van der Waals surface area contributed by atoms with Crippen LogP contribution in [-0.2, 0) is 5.88 Å². The summed E-state index contributed by atoms with van der Waals surface area (Å²) in [4.78, 5) is 15.4. The van der Waals surface area contributed by atoms with Crippen LogP contribution in [0.25, 0.3) is 0 Å². The Morgan fingerprint density at radius 1 is 1.24 bits per heavy atom. The predicted molar refractivity (Wildman–Crippen MR) is 84.0 cm³/mol. The summed E-state index contributed by atoms with van der Waals surface area (Å²) in [6, 6.07) is 5.27. The average Bonchev–Trinajstić information content (AvgIpc) is 3.31. The molecule has 1 aliphatic carbocycles. The summed E-state index contributed by atoms with van der Waals surface area (Å²) in [5.41, 5.74) is 1.75. The van der Waals surface area contributed by atoms with Crippen molar-refractivity contribution in [2.24, 2.45) is 5.92 Å². The molecular weight excluding hydrogens is 290 g/mol. The maximum atomic E-state index is 10.9. The summed E-state index contributed by atoms with van der Waals surface area (Å²) >= 11 is 5.84. The minimum Gasteiger partial charge on any atom is -0.369 e. The fraction of sp³-hybridized carbons (Fsp3) is 0.600. The zero-order valence-corrected chi connectivity index (χ0v) is 12.8. The molecule has 1 aromatic carbocycles. The minimum absolute atomic E-state index is 0.112. The topological polar surface area (TPSA) is 49.6 Å². The molecule has 2 aliphatic rings. The molecule has 1 saturated heterocycles. The van der Waals surface area contributed by atoms with Gasteiger partial charge in [-0.25, -0.2) is 0 Å². The van der Waals surface area contributed by atoms with Crippen LogP contribution in [0.3, 0.4) is 0 Å². The standard InChI is InChI=1S/C15H20ClN3O2/c16-10-13-9-14(3-4-15(13)19(20)21)18-7-5-17(6-8-18)11-12-1-2-12/h3-4,9,12H,1-2,5-8,10-11H2. The quantitative estimate of drug-likeness (QED) is 0.477. The maximum Gasteiger partial charge on any atom is 0.273 e. The van der Waals surface area contributed by atoms with Crippen molar-refractivity contribution in [1.82, 2.24) is 4.90 Å². The van der Waals surface area contributed by atoms with Gasteiger partial charge in [-0.1, -0.05) is 0 Å². The van der Waals surface area contributed by atoms with Gasteiger partial charge in [-0.05, 0) is 30.9 Å².